The molecule has 1 N–H and O–H groups in total. The fraction of sp³-hybridized carbons (Fsp3) is 0.538. The number of likely N-dealkylation sites (tertiary alicyclic amines) is 1. The molecule has 0 saturated carbocycles. The molecule has 0 unspecified atom stereocenters. The maximum atomic E-state index is 12.2. The number of carbonyl (C=O) groups is 1. The van der Waals surface area contributed by atoms with Crippen molar-refractivity contribution in [3.63, 3.8) is 0 Å². The lowest BCUT2D eigenvalue weighted by Crippen LogP contribution is -2.47. The summed E-state index contributed by atoms with van der Waals surface area (Å²) in [7, 11) is -3.45. The van der Waals surface area contributed by atoms with Crippen LogP contribution in [-0.4, -0.2) is 47.3 Å². The van der Waals surface area contributed by atoms with Crippen LogP contribution in [0.25, 0.3) is 0 Å². The van der Waals surface area contributed by atoms with Gasteiger partial charge in [-0.15, -0.1) is 0 Å². The van der Waals surface area contributed by atoms with E-state index in [1.807, 2.05) is 0 Å². The third-order valence-electron chi connectivity index (χ3n) is 3.46. The van der Waals surface area contributed by atoms with Gasteiger partial charge in [0.25, 0.3) is 0 Å². The Bertz CT molecular complexity index is 611. The van der Waals surface area contributed by atoms with Crippen molar-refractivity contribution < 1.29 is 18.3 Å². The summed E-state index contributed by atoms with van der Waals surface area (Å²) < 4.78 is 23.5. The minimum Gasteiger partial charge on any atom is -0.465 e. The van der Waals surface area contributed by atoms with Gasteiger partial charge in [0.1, 0.15) is 0 Å². The van der Waals surface area contributed by atoms with Crippen LogP contribution in [0.15, 0.2) is 23.4 Å². The number of amides is 1. The number of hydrogen-bond acceptors (Lipinski definition) is 4. The van der Waals surface area contributed by atoms with Gasteiger partial charge in [0.15, 0.2) is 14.9 Å². The highest BCUT2D eigenvalue weighted by Gasteiger charge is 2.34. The van der Waals surface area contributed by atoms with Crippen molar-refractivity contribution in [2.75, 3.05) is 13.1 Å². The monoisotopic (exact) mass is 298 g/mol. The fourth-order valence-electron chi connectivity index (χ4n) is 1.95. The maximum absolute atomic E-state index is 12.2. The number of pyridine rings is 1. The van der Waals surface area contributed by atoms with Crippen molar-refractivity contribution >= 4 is 15.9 Å². The Morgan fingerprint density at radius 3 is 2.35 bits per heavy atom. The lowest BCUT2D eigenvalue weighted by Gasteiger charge is -2.37. The summed E-state index contributed by atoms with van der Waals surface area (Å²) in [5, 5.41) is 8.83. The Balaban J connectivity index is 2.15. The largest absolute Gasteiger partial charge is 0.465 e. The predicted molar refractivity (Wildman–Crippen MR) is 73.5 cm³/mol. The normalized spacial score (nSPS) is 16.9. The average molecular weight is 298 g/mol. The van der Waals surface area contributed by atoms with E-state index in [0.29, 0.717) is 13.1 Å². The van der Waals surface area contributed by atoms with Crippen LogP contribution >= 0.6 is 0 Å². The van der Waals surface area contributed by atoms with E-state index in [1.165, 1.54) is 17.2 Å². The number of sulfone groups is 1. The molecule has 0 aliphatic carbocycles. The third kappa shape index (κ3) is 2.49. The smallest absolute Gasteiger partial charge is 0.407 e. The summed E-state index contributed by atoms with van der Waals surface area (Å²) in [5.74, 6) is 0.102. The molecule has 1 saturated heterocycles. The molecule has 2 rings (SSSR count). The molecule has 0 bridgehead atoms. The van der Waals surface area contributed by atoms with Gasteiger partial charge in [-0.3, -0.25) is 0 Å². The van der Waals surface area contributed by atoms with Crippen molar-refractivity contribution in [3.05, 3.63) is 23.9 Å². The molecule has 20 heavy (non-hydrogen) atoms. The van der Waals surface area contributed by atoms with Gasteiger partial charge in [0.2, 0.25) is 0 Å². The van der Waals surface area contributed by atoms with Crippen LogP contribution in [0.4, 0.5) is 4.79 Å². The van der Waals surface area contributed by atoms with Crippen molar-refractivity contribution in [1.29, 1.82) is 0 Å². The Labute approximate surface area is 118 Å². The van der Waals surface area contributed by atoms with Crippen molar-refractivity contribution in [1.82, 2.24) is 9.88 Å². The zero-order chi connectivity index (χ0) is 15.1. The molecule has 7 heteroatoms. The standard InChI is InChI=1S/C13H18N2O4S/c1-13(2,3)20(18,19)11-5-4-9(6-14-11)10-7-15(8-10)12(16)17/h4-6,10H,7-8H2,1-3H3,(H,16,17). The van der Waals surface area contributed by atoms with Gasteiger partial charge in [-0.25, -0.2) is 18.2 Å². The van der Waals surface area contributed by atoms with Gasteiger partial charge in [0, 0.05) is 25.2 Å². The summed E-state index contributed by atoms with van der Waals surface area (Å²) in [6.45, 7) is 5.77. The van der Waals surface area contributed by atoms with E-state index in [-0.39, 0.29) is 10.9 Å². The molecule has 0 spiro atoms. The van der Waals surface area contributed by atoms with Crippen LogP contribution in [0.2, 0.25) is 0 Å². The van der Waals surface area contributed by atoms with Crippen LogP contribution in [0.1, 0.15) is 32.3 Å². The van der Waals surface area contributed by atoms with E-state index in [9.17, 15) is 13.2 Å². The van der Waals surface area contributed by atoms with Crippen LogP contribution in [0.3, 0.4) is 0 Å². The lowest BCUT2D eigenvalue weighted by atomic mass is 9.93. The first kappa shape index (κ1) is 14.8. The van der Waals surface area contributed by atoms with Crippen LogP contribution in [0.5, 0.6) is 0 Å². The Morgan fingerprint density at radius 1 is 1.35 bits per heavy atom. The third-order valence-corrected chi connectivity index (χ3v) is 5.87. The molecule has 1 aliphatic rings. The van der Waals surface area contributed by atoms with Crippen LogP contribution in [-0.2, 0) is 9.84 Å². The first-order valence-electron chi connectivity index (χ1n) is 6.31. The molecule has 1 fully saturated rings. The van der Waals surface area contributed by atoms with Crippen molar-refractivity contribution in [2.24, 2.45) is 0 Å². The minimum atomic E-state index is -3.45. The summed E-state index contributed by atoms with van der Waals surface area (Å²) >= 11 is 0. The first-order chi connectivity index (χ1) is 9.13. The number of hydrogen-bond donors (Lipinski definition) is 1. The van der Waals surface area contributed by atoms with E-state index in [1.54, 1.807) is 26.8 Å². The Hall–Kier alpha value is -1.63. The van der Waals surface area contributed by atoms with Gasteiger partial charge in [-0.1, -0.05) is 6.07 Å². The first-order valence-corrected chi connectivity index (χ1v) is 7.79. The highest BCUT2D eigenvalue weighted by Crippen LogP contribution is 2.28. The zero-order valence-corrected chi connectivity index (χ0v) is 12.5. The van der Waals surface area contributed by atoms with E-state index in [2.05, 4.69) is 4.98 Å². The molecule has 0 aromatic carbocycles. The summed E-state index contributed by atoms with van der Waals surface area (Å²) in [6.07, 6.45) is 0.601. The number of aromatic nitrogens is 1. The SMILES string of the molecule is CC(C)(C)S(=O)(=O)c1ccc(C2CN(C(=O)O)C2)cn1. The highest BCUT2D eigenvalue weighted by atomic mass is 32.2. The second kappa shape index (κ2) is 4.73. The van der Waals surface area contributed by atoms with Gasteiger partial charge in [-0.05, 0) is 32.4 Å². The van der Waals surface area contributed by atoms with Gasteiger partial charge < -0.3 is 10.0 Å². The van der Waals surface area contributed by atoms with E-state index >= 15 is 0 Å². The Morgan fingerprint density at radius 2 is 1.95 bits per heavy atom. The maximum Gasteiger partial charge on any atom is 0.407 e. The second-order valence-corrected chi connectivity index (χ2v) is 8.58. The molecule has 6 nitrogen and oxygen atoms in total. The summed E-state index contributed by atoms with van der Waals surface area (Å²) in [5.41, 5.74) is 0.871. The van der Waals surface area contributed by atoms with Gasteiger partial charge >= 0.3 is 6.09 Å². The fourth-order valence-corrected chi connectivity index (χ4v) is 3.02. The molecule has 2 heterocycles. The van der Waals surface area contributed by atoms with Gasteiger partial charge in [-0.2, -0.15) is 0 Å². The van der Waals surface area contributed by atoms with Gasteiger partial charge in [0.05, 0.1) is 4.75 Å². The topological polar surface area (TPSA) is 87.6 Å². The van der Waals surface area contributed by atoms with Crippen molar-refractivity contribution in [3.8, 4) is 0 Å². The predicted octanol–water partition coefficient (Wildman–Crippen LogP) is 1.73. The molecular weight excluding hydrogens is 280 g/mol. The second-order valence-electron chi connectivity index (χ2n) is 5.93. The van der Waals surface area contributed by atoms with Crippen LogP contribution < -0.4 is 0 Å². The van der Waals surface area contributed by atoms with Crippen molar-refractivity contribution in [2.45, 2.75) is 36.5 Å². The Kier molecular flexibility index (Phi) is 3.49. The van der Waals surface area contributed by atoms with E-state index in [4.69, 9.17) is 5.11 Å². The molecule has 1 aliphatic heterocycles. The summed E-state index contributed by atoms with van der Waals surface area (Å²) in [4.78, 5) is 16.0. The van der Waals surface area contributed by atoms with E-state index in [0.717, 1.165) is 5.56 Å². The average Bonchev–Trinajstić information content (AvgIpc) is 2.25. The molecular formula is C13H18N2O4S. The molecule has 0 radical (unpaired) electrons. The number of rotatable bonds is 2. The molecule has 1 amide bonds. The highest BCUT2D eigenvalue weighted by molar-refractivity contribution is 7.92. The lowest BCUT2D eigenvalue weighted by molar-refractivity contribution is 0.105. The molecule has 0 atom stereocenters. The van der Waals surface area contributed by atoms with Crippen LogP contribution in [0, 0.1) is 0 Å². The minimum absolute atomic E-state index is 0.0585. The summed E-state index contributed by atoms with van der Waals surface area (Å²) in [6, 6.07) is 3.22. The zero-order valence-electron chi connectivity index (χ0n) is 11.7. The quantitative estimate of drug-likeness (QED) is 0.898. The van der Waals surface area contributed by atoms with E-state index < -0.39 is 20.7 Å². The number of carboxylic acid groups (broad SMARTS) is 1. The number of nitrogens with zero attached hydrogens (tertiary/aromatic N) is 2. The molecule has 1 aromatic heterocycles. The molecule has 1 aromatic rings. The molecule has 110 valence electrons.